The number of hydrogen-bond acceptors (Lipinski definition) is 3. The van der Waals surface area contributed by atoms with Crippen molar-refractivity contribution in [2.75, 3.05) is 4.72 Å². The van der Waals surface area contributed by atoms with Crippen LogP contribution in [0.5, 0.6) is 5.75 Å². The Morgan fingerprint density at radius 2 is 1.60 bits per heavy atom. The Morgan fingerprint density at radius 1 is 0.933 bits per heavy atom. The van der Waals surface area contributed by atoms with Gasteiger partial charge in [-0.2, -0.15) is 21.6 Å². The minimum atomic E-state index is -5.47. The summed E-state index contributed by atoms with van der Waals surface area (Å²) in [6.07, 6.45) is 0. The van der Waals surface area contributed by atoms with Crippen LogP contribution in [0, 0.1) is 0 Å². The van der Waals surface area contributed by atoms with Crippen molar-refractivity contribution >= 4 is 26.5 Å². The van der Waals surface area contributed by atoms with Gasteiger partial charge in [0.1, 0.15) is 12.4 Å². The predicted molar refractivity (Wildman–Crippen MR) is 112 cm³/mol. The molecular formula is C22H22F3NO3S. The topological polar surface area (TPSA) is 55.4 Å². The number of benzene rings is 3. The van der Waals surface area contributed by atoms with Crippen LogP contribution < -0.4 is 9.46 Å². The SMILES string of the molecule is CC(C)(C)c1ccc(COc2cccc3cc(NS(=O)(=O)C(F)(F)F)ccc23)cc1. The number of rotatable bonds is 5. The van der Waals surface area contributed by atoms with E-state index in [1.165, 1.54) is 23.8 Å². The molecule has 30 heavy (non-hydrogen) atoms. The Labute approximate surface area is 173 Å². The molecule has 0 aliphatic carbocycles. The average Bonchev–Trinajstić information content (AvgIpc) is 2.64. The molecule has 0 amide bonds. The van der Waals surface area contributed by atoms with Gasteiger partial charge in [-0.1, -0.05) is 57.2 Å². The van der Waals surface area contributed by atoms with Gasteiger partial charge in [-0.3, -0.25) is 4.72 Å². The van der Waals surface area contributed by atoms with Gasteiger partial charge in [-0.15, -0.1) is 0 Å². The molecule has 3 aromatic rings. The molecule has 3 aromatic carbocycles. The van der Waals surface area contributed by atoms with Crippen molar-refractivity contribution in [3.05, 3.63) is 71.8 Å². The first kappa shape index (κ1) is 22.0. The zero-order chi connectivity index (χ0) is 22.2. The van der Waals surface area contributed by atoms with Crippen LogP contribution in [0.15, 0.2) is 60.7 Å². The van der Waals surface area contributed by atoms with Crippen LogP contribution in [0.4, 0.5) is 18.9 Å². The standard InChI is InChI=1S/C22H22F3NO3S/c1-21(2,3)17-9-7-15(8-10-17)14-29-20-6-4-5-16-13-18(11-12-19(16)20)26-30(27,28)22(23,24)25/h4-13,26H,14H2,1-3H3. The van der Waals surface area contributed by atoms with E-state index in [2.05, 4.69) is 32.9 Å². The monoisotopic (exact) mass is 437 g/mol. The zero-order valence-corrected chi connectivity index (χ0v) is 17.6. The van der Waals surface area contributed by atoms with E-state index in [0.717, 1.165) is 5.56 Å². The molecule has 4 nitrogen and oxygen atoms in total. The van der Waals surface area contributed by atoms with Crippen LogP contribution in [-0.4, -0.2) is 13.9 Å². The molecule has 0 radical (unpaired) electrons. The summed E-state index contributed by atoms with van der Waals surface area (Å²) in [5.41, 5.74) is -3.30. The van der Waals surface area contributed by atoms with Crippen LogP contribution in [0.3, 0.4) is 0 Å². The van der Waals surface area contributed by atoms with Crippen molar-refractivity contribution in [3.63, 3.8) is 0 Å². The fourth-order valence-corrected chi connectivity index (χ4v) is 3.47. The molecule has 0 saturated carbocycles. The van der Waals surface area contributed by atoms with Crippen molar-refractivity contribution < 1.29 is 26.3 Å². The van der Waals surface area contributed by atoms with E-state index in [-0.39, 0.29) is 11.1 Å². The second-order valence-electron chi connectivity index (χ2n) is 7.98. The van der Waals surface area contributed by atoms with Crippen molar-refractivity contribution in [1.82, 2.24) is 0 Å². The molecule has 8 heteroatoms. The Hall–Kier alpha value is -2.74. The van der Waals surface area contributed by atoms with Gasteiger partial charge in [0.25, 0.3) is 0 Å². The van der Waals surface area contributed by atoms with Crippen molar-refractivity contribution in [1.29, 1.82) is 0 Å². The lowest BCUT2D eigenvalue weighted by molar-refractivity contribution is -0.0429. The predicted octanol–water partition coefficient (Wildman–Crippen LogP) is 5.98. The number of sulfonamides is 1. The smallest absolute Gasteiger partial charge is 0.488 e. The maximum atomic E-state index is 12.6. The Morgan fingerprint density at radius 3 is 2.20 bits per heavy atom. The van der Waals surface area contributed by atoms with Crippen LogP contribution in [-0.2, 0) is 22.0 Å². The fraction of sp³-hybridized carbons (Fsp3) is 0.273. The lowest BCUT2D eigenvalue weighted by Gasteiger charge is -2.19. The molecule has 0 aliphatic heterocycles. The third kappa shape index (κ3) is 4.87. The van der Waals surface area contributed by atoms with Gasteiger partial charge in [0.05, 0.1) is 0 Å². The number of nitrogens with one attached hydrogen (secondary N) is 1. The largest absolute Gasteiger partial charge is 0.516 e. The highest BCUT2D eigenvalue weighted by atomic mass is 32.2. The number of anilines is 1. The van der Waals surface area contributed by atoms with Crippen molar-refractivity contribution in [3.8, 4) is 5.75 Å². The molecule has 0 heterocycles. The van der Waals surface area contributed by atoms with E-state index >= 15 is 0 Å². The van der Waals surface area contributed by atoms with E-state index in [4.69, 9.17) is 4.74 Å². The first-order valence-corrected chi connectivity index (χ1v) is 10.7. The van der Waals surface area contributed by atoms with Gasteiger partial charge in [-0.05, 0) is 46.2 Å². The minimum absolute atomic E-state index is 0.0559. The van der Waals surface area contributed by atoms with E-state index in [0.29, 0.717) is 23.1 Å². The van der Waals surface area contributed by atoms with Crippen molar-refractivity contribution in [2.24, 2.45) is 0 Å². The molecule has 0 spiro atoms. The summed E-state index contributed by atoms with van der Waals surface area (Å²) in [6.45, 7) is 6.74. The first-order valence-electron chi connectivity index (χ1n) is 9.21. The summed E-state index contributed by atoms with van der Waals surface area (Å²) >= 11 is 0. The summed E-state index contributed by atoms with van der Waals surface area (Å²) in [7, 11) is -5.47. The van der Waals surface area contributed by atoms with Gasteiger partial charge < -0.3 is 4.74 Å². The molecule has 1 N–H and O–H groups in total. The third-order valence-electron chi connectivity index (χ3n) is 4.61. The molecule has 0 unspecified atom stereocenters. The normalized spacial score (nSPS) is 12.7. The molecule has 0 saturated heterocycles. The van der Waals surface area contributed by atoms with Crippen LogP contribution in [0.2, 0.25) is 0 Å². The third-order valence-corrected chi connectivity index (χ3v) is 5.73. The number of fused-ring (bicyclic) bond motifs is 1. The molecule has 0 atom stereocenters. The summed E-state index contributed by atoms with van der Waals surface area (Å²) in [5, 5.41) is 1.22. The molecule has 0 aliphatic rings. The van der Waals surface area contributed by atoms with E-state index in [9.17, 15) is 21.6 Å². The summed E-state index contributed by atoms with van der Waals surface area (Å²) in [4.78, 5) is 0. The van der Waals surface area contributed by atoms with Crippen LogP contribution >= 0.6 is 0 Å². The molecular weight excluding hydrogens is 415 g/mol. The summed E-state index contributed by atoms with van der Waals surface area (Å²) < 4.78 is 67.8. The van der Waals surface area contributed by atoms with Gasteiger partial charge in [0, 0.05) is 11.1 Å². The maximum Gasteiger partial charge on any atom is 0.516 e. The summed E-state index contributed by atoms with van der Waals surface area (Å²) in [5.74, 6) is 0.553. The average molecular weight is 437 g/mol. The van der Waals surface area contributed by atoms with Crippen LogP contribution in [0.1, 0.15) is 31.9 Å². The van der Waals surface area contributed by atoms with Gasteiger partial charge in [0.15, 0.2) is 0 Å². The zero-order valence-electron chi connectivity index (χ0n) is 16.7. The van der Waals surface area contributed by atoms with Gasteiger partial charge in [-0.25, -0.2) is 0 Å². The Kier molecular flexibility index (Phi) is 5.73. The van der Waals surface area contributed by atoms with Crippen LogP contribution in [0.25, 0.3) is 10.8 Å². The quantitative estimate of drug-likeness (QED) is 0.534. The maximum absolute atomic E-state index is 12.6. The molecule has 0 aromatic heterocycles. The highest BCUT2D eigenvalue weighted by Crippen LogP contribution is 2.31. The van der Waals surface area contributed by atoms with E-state index < -0.39 is 15.5 Å². The Balaban J connectivity index is 1.79. The minimum Gasteiger partial charge on any atom is -0.488 e. The number of halogens is 3. The lowest BCUT2D eigenvalue weighted by atomic mass is 9.87. The van der Waals surface area contributed by atoms with Gasteiger partial charge in [0.2, 0.25) is 0 Å². The second kappa shape index (κ2) is 7.83. The van der Waals surface area contributed by atoms with Gasteiger partial charge >= 0.3 is 15.5 Å². The highest BCUT2D eigenvalue weighted by Gasteiger charge is 2.46. The Bertz CT molecular complexity index is 1150. The van der Waals surface area contributed by atoms with E-state index in [1.54, 1.807) is 22.9 Å². The number of ether oxygens (including phenoxy) is 1. The van der Waals surface area contributed by atoms with Crippen molar-refractivity contribution in [2.45, 2.75) is 38.3 Å². The number of hydrogen-bond donors (Lipinski definition) is 1. The molecule has 0 bridgehead atoms. The summed E-state index contributed by atoms with van der Waals surface area (Å²) in [6, 6.07) is 17.4. The fourth-order valence-electron chi connectivity index (χ4n) is 2.92. The highest BCUT2D eigenvalue weighted by molar-refractivity contribution is 7.93. The number of alkyl halides is 3. The van der Waals surface area contributed by atoms with E-state index in [1.807, 2.05) is 12.1 Å². The first-order chi connectivity index (χ1) is 13.9. The molecule has 3 rings (SSSR count). The molecule has 160 valence electrons. The molecule has 0 fully saturated rings. The lowest BCUT2D eigenvalue weighted by Crippen LogP contribution is -2.29. The second-order valence-corrected chi connectivity index (χ2v) is 9.65.